The van der Waals surface area contributed by atoms with Crippen LogP contribution < -0.4 is 4.74 Å². The van der Waals surface area contributed by atoms with Gasteiger partial charge in [0.05, 0.1) is 18.7 Å². The van der Waals surface area contributed by atoms with E-state index in [-0.39, 0.29) is 11.3 Å². The van der Waals surface area contributed by atoms with E-state index in [9.17, 15) is 14.7 Å². The summed E-state index contributed by atoms with van der Waals surface area (Å²) >= 11 is 0. The molecule has 0 saturated carbocycles. The van der Waals surface area contributed by atoms with Gasteiger partial charge in [-0.1, -0.05) is 31.2 Å². The quantitative estimate of drug-likeness (QED) is 0.300. The summed E-state index contributed by atoms with van der Waals surface area (Å²) in [6.07, 6.45) is 1.48. The van der Waals surface area contributed by atoms with Crippen LogP contribution in [0.5, 0.6) is 5.75 Å². The fraction of sp³-hybridized carbons (Fsp3) is 0.360. The van der Waals surface area contributed by atoms with Gasteiger partial charge in [-0.3, -0.25) is 9.59 Å². The average Bonchev–Trinajstić information content (AvgIpc) is 3.03. The smallest absolute Gasteiger partial charge is 0.295 e. The van der Waals surface area contributed by atoms with Crippen LogP contribution in [-0.4, -0.2) is 49.1 Å². The van der Waals surface area contributed by atoms with Crippen LogP contribution in [0.3, 0.4) is 0 Å². The third-order valence-electron chi connectivity index (χ3n) is 5.66. The maximum Gasteiger partial charge on any atom is 0.295 e. The molecular weight excluding hydrogens is 394 g/mol. The number of hydrogen-bond donors (Lipinski definition) is 1. The second kappa shape index (κ2) is 9.79. The minimum Gasteiger partial charge on any atom is -0.507 e. The van der Waals surface area contributed by atoms with Gasteiger partial charge < -0.3 is 19.5 Å². The molecular formula is C25H29NO5. The van der Waals surface area contributed by atoms with Gasteiger partial charge in [-0.2, -0.15) is 0 Å². The van der Waals surface area contributed by atoms with E-state index in [0.717, 1.165) is 23.1 Å². The highest BCUT2D eigenvalue weighted by molar-refractivity contribution is 6.46. The molecule has 0 bridgehead atoms. The van der Waals surface area contributed by atoms with Crippen LogP contribution in [0.2, 0.25) is 0 Å². The normalized spacial score (nSPS) is 17.9. The molecule has 31 heavy (non-hydrogen) atoms. The molecule has 6 nitrogen and oxygen atoms in total. The summed E-state index contributed by atoms with van der Waals surface area (Å²) in [6.45, 7) is 4.76. The number of carbonyl (C=O) groups excluding carboxylic acids is 2. The van der Waals surface area contributed by atoms with Crippen LogP contribution in [0.25, 0.3) is 5.76 Å². The van der Waals surface area contributed by atoms with E-state index in [1.807, 2.05) is 31.2 Å². The summed E-state index contributed by atoms with van der Waals surface area (Å²) in [5, 5.41) is 11.1. The van der Waals surface area contributed by atoms with Crippen LogP contribution in [0.1, 0.15) is 41.6 Å². The Morgan fingerprint density at radius 2 is 1.81 bits per heavy atom. The molecule has 1 amide bonds. The third kappa shape index (κ3) is 4.49. The maximum absolute atomic E-state index is 13.0. The minimum atomic E-state index is -0.673. The van der Waals surface area contributed by atoms with Gasteiger partial charge in [0.2, 0.25) is 0 Å². The summed E-state index contributed by atoms with van der Waals surface area (Å²) in [5.41, 5.74) is 3.36. The zero-order chi connectivity index (χ0) is 22.5. The van der Waals surface area contributed by atoms with Crippen molar-refractivity contribution in [1.82, 2.24) is 4.90 Å². The number of hydrogen-bond acceptors (Lipinski definition) is 5. The van der Waals surface area contributed by atoms with Gasteiger partial charge in [-0.25, -0.2) is 0 Å². The van der Waals surface area contributed by atoms with Crippen LogP contribution in [0.4, 0.5) is 0 Å². The first-order chi connectivity index (χ1) is 14.9. The average molecular weight is 424 g/mol. The minimum absolute atomic E-state index is 0.108. The lowest BCUT2D eigenvalue weighted by Gasteiger charge is -2.25. The first-order valence-corrected chi connectivity index (χ1v) is 10.4. The Kier molecular flexibility index (Phi) is 7.13. The summed E-state index contributed by atoms with van der Waals surface area (Å²) in [7, 11) is 3.18. The molecule has 1 fully saturated rings. The van der Waals surface area contributed by atoms with Gasteiger partial charge in [0.1, 0.15) is 11.5 Å². The van der Waals surface area contributed by atoms with Gasteiger partial charge in [0, 0.05) is 25.8 Å². The Hall–Kier alpha value is -3.12. The van der Waals surface area contributed by atoms with Crippen molar-refractivity contribution in [3.05, 3.63) is 70.3 Å². The first-order valence-electron chi connectivity index (χ1n) is 10.4. The van der Waals surface area contributed by atoms with Crippen LogP contribution in [-0.2, 0) is 20.7 Å². The van der Waals surface area contributed by atoms with Gasteiger partial charge in [-0.15, -0.1) is 0 Å². The van der Waals surface area contributed by atoms with E-state index in [4.69, 9.17) is 9.47 Å². The zero-order valence-corrected chi connectivity index (χ0v) is 18.5. The summed E-state index contributed by atoms with van der Waals surface area (Å²) in [6, 6.07) is 12.4. The van der Waals surface area contributed by atoms with Gasteiger partial charge in [0.15, 0.2) is 0 Å². The molecule has 1 unspecified atom stereocenters. The molecule has 2 aromatic carbocycles. The van der Waals surface area contributed by atoms with E-state index in [0.29, 0.717) is 30.9 Å². The largest absolute Gasteiger partial charge is 0.507 e. The first kappa shape index (κ1) is 22.6. The fourth-order valence-electron chi connectivity index (χ4n) is 3.95. The number of ether oxygens (including phenoxy) is 2. The molecule has 3 rings (SSSR count). The molecule has 0 aromatic heterocycles. The number of aryl methyl sites for hydroxylation is 2. The molecule has 1 heterocycles. The van der Waals surface area contributed by atoms with E-state index in [1.54, 1.807) is 32.4 Å². The zero-order valence-electron chi connectivity index (χ0n) is 18.5. The number of carbonyl (C=O) groups is 2. The SMILES string of the molecule is CCc1ccc(C2/C(=C(\O)c3ccc(OC)c(C)c3)C(=O)C(=O)N2CCCOC)cc1. The number of aliphatic hydroxyl groups excluding tert-OH is 1. The number of ketones is 1. The Morgan fingerprint density at radius 1 is 1.10 bits per heavy atom. The number of Topliss-reactive ketones (excluding diaryl/α,β-unsaturated/α-hetero) is 1. The lowest BCUT2D eigenvalue weighted by atomic mass is 9.94. The lowest BCUT2D eigenvalue weighted by molar-refractivity contribution is -0.140. The van der Waals surface area contributed by atoms with Gasteiger partial charge in [0.25, 0.3) is 11.7 Å². The molecule has 6 heteroatoms. The van der Waals surface area contributed by atoms with Crippen LogP contribution in [0.15, 0.2) is 48.0 Å². The molecule has 2 aromatic rings. The molecule has 1 saturated heterocycles. The summed E-state index contributed by atoms with van der Waals surface area (Å²) in [4.78, 5) is 27.4. The number of nitrogens with zero attached hydrogens (tertiary/aromatic N) is 1. The topological polar surface area (TPSA) is 76.1 Å². The Bertz CT molecular complexity index is 993. The highest BCUT2D eigenvalue weighted by Gasteiger charge is 2.45. The number of amides is 1. The van der Waals surface area contributed by atoms with Gasteiger partial charge >= 0.3 is 0 Å². The van der Waals surface area contributed by atoms with E-state index >= 15 is 0 Å². The lowest BCUT2D eigenvalue weighted by Crippen LogP contribution is -2.31. The molecule has 1 aliphatic heterocycles. The van der Waals surface area contributed by atoms with Gasteiger partial charge in [-0.05, 0) is 54.7 Å². The molecule has 1 aliphatic rings. The number of aliphatic hydroxyl groups is 1. The van der Waals surface area contributed by atoms with Crippen molar-refractivity contribution in [2.45, 2.75) is 32.7 Å². The second-order valence-corrected chi connectivity index (χ2v) is 7.62. The van der Waals surface area contributed by atoms with Crippen molar-refractivity contribution in [3.8, 4) is 5.75 Å². The third-order valence-corrected chi connectivity index (χ3v) is 5.66. The second-order valence-electron chi connectivity index (χ2n) is 7.62. The van der Waals surface area contributed by atoms with E-state index < -0.39 is 17.7 Å². The van der Waals surface area contributed by atoms with Crippen molar-refractivity contribution in [2.24, 2.45) is 0 Å². The monoisotopic (exact) mass is 423 g/mol. The fourth-order valence-corrected chi connectivity index (χ4v) is 3.95. The number of benzene rings is 2. The van der Waals surface area contributed by atoms with Crippen LogP contribution in [0, 0.1) is 6.92 Å². The number of rotatable bonds is 8. The number of methoxy groups -OCH3 is 2. The van der Waals surface area contributed by atoms with Crippen molar-refractivity contribution >= 4 is 17.4 Å². The highest BCUT2D eigenvalue weighted by Crippen LogP contribution is 2.40. The van der Waals surface area contributed by atoms with Crippen molar-refractivity contribution in [1.29, 1.82) is 0 Å². The van der Waals surface area contributed by atoms with E-state index in [1.165, 1.54) is 4.90 Å². The maximum atomic E-state index is 13.0. The Morgan fingerprint density at radius 3 is 2.39 bits per heavy atom. The highest BCUT2D eigenvalue weighted by atomic mass is 16.5. The summed E-state index contributed by atoms with van der Waals surface area (Å²) < 4.78 is 10.4. The molecule has 1 atom stereocenters. The van der Waals surface area contributed by atoms with Crippen molar-refractivity contribution in [2.75, 3.05) is 27.4 Å². The van der Waals surface area contributed by atoms with E-state index in [2.05, 4.69) is 6.92 Å². The predicted octanol–water partition coefficient (Wildman–Crippen LogP) is 4.02. The van der Waals surface area contributed by atoms with Crippen molar-refractivity contribution < 1.29 is 24.2 Å². The molecule has 0 spiro atoms. The van der Waals surface area contributed by atoms with Crippen LogP contribution >= 0.6 is 0 Å². The molecule has 1 N–H and O–H groups in total. The number of likely N-dealkylation sites (tertiary alicyclic amines) is 1. The standard InChI is InChI=1S/C25H29NO5/c1-5-17-7-9-18(10-8-17)22-21(24(28)25(29)26(22)13-6-14-30-3)23(27)19-11-12-20(31-4)16(2)15-19/h7-12,15,22,27H,5-6,13-14H2,1-4H3/b23-21+. The Balaban J connectivity index is 2.11. The predicted molar refractivity (Wildman–Crippen MR) is 119 cm³/mol. The molecule has 0 radical (unpaired) electrons. The molecule has 0 aliphatic carbocycles. The summed E-state index contributed by atoms with van der Waals surface area (Å²) in [5.74, 6) is -0.772. The Labute approximate surface area is 183 Å². The molecule has 164 valence electrons. The van der Waals surface area contributed by atoms with Crippen molar-refractivity contribution in [3.63, 3.8) is 0 Å².